The first kappa shape index (κ1) is 23.0. The predicted octanol–water partition coefficient (Wildman–Crippen LogP) is 4.99. The van der Waals surface area contributed by atoms with E-state index in [1.54, 1.807) is 30.7 Å². The Morgan fingerprint density at radius 3 is 2.56 bits per heavy atom. The summed E-state index contributed by atoms with van der Waals surface area (Å²) in [7, 11) is 1.55. The number of esters is 1. The molecule has 0 aliphatic heterocycles. The van der Waals surface area contributed by atoms with Gasteiger partial charge in [-0.15, -0.1) is 11.3 Å². The zero-order valence-electron chi connectivity index (χ0n) is 18.1. The second-order valence-electron chi connectivity index (χ2n) is 6.59. The van der Waals surface area contributed by atoms with Crippen LogP contribution in [-0.2, 0) is 20.9 Å². The quantitative estimate of drug-likeness (QED) is 0.336. The fourth-order valence-corrected chi connectivity index (χ4v) is 3.75. The van der Waals surface area contributed by atoms with Crippen LogP contribution in [0.4, 0.5) is 10.8 Å². The molecule has 166 valence electrons. The maximum absolute atomic E-state index is 12.3. The number of para-hydroxylation sites is 2. The van der Waals surface area contributed by atoms with Crippen molar-refractivity contribution < 1.29 is 23.8 Å². The van der Waals surface area contributed by atoms with Crippen LogP contribution in [-0.4, -0.2) is 30.6 Å². The van der Waals surface area contributed by atoms with Gasteiger partial charge >= 0.3 is 5.97 Å². The van der Waals surface area contributed by atoms with Gasteiger partial charge in [-0.1, -0.05) is 24.3 Å². The van der Waals surface area contributed by atoms with Gasteiger partial charge in [-0.25, -0.2) is 9.78 Å². The van der Waals surface area contributed by atoms with Crippen molar-refractivity contribution in [1.82, 2.24) is 4.98 Å². The summed E-state index contributed by atoms with van der Waals surface area (Å²) in [5.74, 6) is 0.650. The number of nitrogens with zero attached hydrogens (tertiary/aromatic N) is 2. The van der Waals surface area contributed by atoms with Crippen LogP contribution >= 0.6 is 11.3 Å². The fourth-order valence-electron chi connectivity index (χ4n) is 2.89. The van der Waals surface area contributed by atoms with Crippen molar-refractivity contribution >= 4 is 40.1 Å². The summed E-state index contributed by atoms with van der Waals surface area (Å²) in [6.07, 6.45) is 3.03. The molecule has 1 heterocycles. The molecule has 8 heteroatoms. The third kappa shape index (κ3) is 5.95. The largest absolute Gasteiger partial charge is 0.495 e. The molecule has 0 unspecified atom stereocenters. The third-order valence-electron chi connectivity index (χ3n) is 4.34. The Labute approximate surface area is 190 Å². The number of carbonyl (C=O) groups is 2. The fraction of sp³-hybridized carbons (Fsp3) is 0.208. The Morgan fingerprint density at radius 1 is 1.12 bits per heavy atom. The lowest BCUT2D eigenvalue weighted by Crippen LogP contribution is -2.23. The number of benzene rings is 2. The minimum atomic E-state index is -0.485. The number of ether oxygens (including phenoxy) is 3. The number of amides is 1. The van der Waals surface area contributed by atoms with Gasteiger partial charge in [-0.3, -0.25) is 9.69 Å². The van der Waals surface area contributed by atoms with Gasteiger partial charge in [0.15, 0.2) is 5.13 Å². The number of aromatic nitrogens is 1. The molecule has 3 aromatic rings. The molecule has 1 aromatic heterocycles. The van der Waals surface area contributed by atoms with Crippen molar-refractivity contribution in [1.29, 1.82) is 0 Å². The first-order valence-corrected chi connectivity index (χ1v) is 10.9. The van der Waals surface area contributed by atoms with Gasteiger partial charge in [0.05, 0.1) is 25.1 Å². The molecule has 3 rings (SSSR count). The van der Waals surface area contributed by atoms with E-state index in [1.165, 1.54) is 29.2 Å². The maximum atomic E-state index is 12.3. The SMILES string of the molecule is CCOc1ccc(/C=C/C(=O)OCc2csc(N(C(C)=O)c3ccccc3OC)n2)cc1. The highest BCUT2D eigenvalue weighted by Crippen LogP contribution is 2.35. The lowest BCUT2D eigenvalue weighted by molar-refractivity contribution is -0.139. The Morgan fingerprint density at radius 2 is 1.88 bits per heavy atom. The Kier molecular flexibility index (Phi) is 7.99. The van der Waals surface area contributed by atoms with E-state index in [9.17, 15) is 9.59 Å². The first-order chi connectivity index (χ1) is 15.5. The highest BCUT2D eigenvalue weighted by Gasteiger charge is 2.21. The van der Waals surface area contributed by atoms with Crippen molar-refractivity contribution in [3.8, 4) is 11.5 Å². The molecule has 2 aromatic carbocycles. The molecule has 0 radical (unpaired) electrons. The van der Waals surface area contributed by atoms with Crippen LogP contribution in [0.25, 0.3) is 6.08 Å². The van der Waals surface area contributed by atoms with E-state index in [2.05, 4.69) is 4.98 Å². The lowest BCUT2D eigenvalue weighted by Gasteiger charge is -2.20. The van der Waals surface area contributed by atoms with Crippen LogP contribution in [0.1, 0.15) is 25.1 Å². The van der Waals surface area contributed by atoms with Crippen molar-refractivity contribution in [3.05, 3.63) is 71.2 Å². The molecule has 0 aliphatic rings. The molecule has 0 N–H and O–H groups in total. The van der Waals surface area contributed by atoms with Crippen LogP contribution in [0, 0.1) is 0 Å². The van der Waals surface area contributed by atoms with Gasteiger partial charge in [0.1, 0.15) is 18.1 Å². The molecule has 0 saturated carbocycles. The van der Waals surface area contributed by atoms with Gasteiger partial charge in [0.25, 0.3) is 0 Å². The van der Waals surface area contributed by atoms with Crippen molar-refractivity contribution in [2.45, 2.75) is 20.5 Å². The average molecular weight is 453 g/mol. The van der Waals surface area contributed by atoms with E-state index in [1.807, 2.05) is 43.3 Å². The monoisotopic (exact) mass is 452 g/mol. The number of hydrogen-bond acceptors (Lipinski definition) is 7. The molecule has 1 amide bonds. The Hall–Kier alpha value is -3.65. The van der Waals surface area contributed by atoms with Crippen LogP contribution in [0.2, 0.25) is 0 Å². The number of anilines is 2. The van der Waals surface area contributed by atoms with Crippen LogP contribution in [0.15, 0.2) is 60.0 Å². The normalized spacial score (nSPS) is 10.7. The zero-order valence-corrected chi connectivity index (χ0v) is 18.9. The molecule has 0 bridgehead atoms. The molecular weight excluding hydrogens is 428 g/mol. The zero-order chi connectivity index (χ0) is 22.9. The summed E-state index contributed by atoms with van der Waals surface area (Å²) < 4.78 is 16.0. The predicted molar refractivity (Wildman–Crippen MR) is 124 cm³/mol. The summed E-state index contributed by atoms with van der Waals surface area (Å²) in [5, 5.41) is 2.22. The molecule has 32 heavy (non-hydrogen) atoms. The van der Waals surface area contributed by atoms with Crippen molar-refractivity contribution in [2.75, 3.05) is 18.6 Å². The summed E-state index contributed by atoms with van der Waals surface area (Å²) in [5.41, 5.74) is 2.00. The summed E-state index contributed by atoms with van der Waals surface area (Å²) in [6.45, 7) is 3.98. The van der Waals surface area contributed by atoms with Crippen LogP contribution in [0.3, 0.4) is 0 Å². The van der Waals surface area contributed by atoms with Crippen molar-refractivity contribution in [3.63, 3.8) is 0 Å². The molecule has 0 aliphatic carbocycles. The number of carbonyl (C=O) groups excluding carboxylic acids is 2. The van der Waals surface area contributed by atoms with E-state index in [0.29, 0.717) is 28.9 Å². The van der Waals surface area contributed by atoms with Crippen LogP contribution < -0.4 is 14.4 Å². The van der Waals surface area contributed by atoms with Gasteiger partial charge in [-0.2, -0.15) is 0 Å². The maximum Gasteiger partial charge on any atom is 0.331 e. The average Bonchev–Trinajstić information content (AvgIpc) is 3.26. The summed E-state index contributed by atoms with van der Waals surface area (Å²) >= 11 is 1.28. The molecular formula is C24H24N2O5S. The molecule has 0 spiro atoms. The van der Waals surface area contributed by atoms with Crippen molar-refractivity contribution in [2.24, 2.45) is 0 Å². The van der Waals surface area contributed by atoms with E-state index in [0.717, 1.165) is 11.3 Å². The van der Waals surface area contributed by atoms with Crippen LogP contribution in [0.5, 0.6) is 11.5 Å². The highest BCUT2D eigenvalue weighted by molar-refractivity contribution is 7.14. The van der Waals surface area contributed by atoms with E-state index in [4.69, 9.17) is 14.2 Å². The van der Waals surface area contributed by atoms with E-state index < -0.39 is 5.97 Å². The minimum Gasteiger partial charge on any atom is -0.495 e. The standard InChI is InChI=1S/C24H24N2O5S/c1-4-30-20-12-9-18(10-13-20)11-14-23(28)31-15-19-16-32-24(25-19)26(17(2)27)21-7-5-6-8-22(21)29-3/h5-14,16H,4,15H2,1-3H3/b14-11+. The van der Waals surface area contributed by atoms with E-state index in [-0.39, 0.29) is 12.5 Å². The first-order valence-electron chi connectivity index (χ1n) is 9.97. The molecule has 0 saturated heterocycles. The highest BCUT2D eigenvalue weighted by atomic mass is 32.1. The summed E-state index contributed by atoms with van der Waals surface area (Å²) in [6, 6.07) is 14.6. The lowest BCUT2D eigenvalue weighted by atomic mass is 10.2. The van der Waals surface area contributed by atoms with Gasteiger partial charge in [0, 0.05) is 18.4 Å². The third-order valence-corrected chi connectivity index (χ3v) is 5.21. The summed E-state index contributed by atoms with van der Waals surface area (Å²) in [4.78, 5) is 30.3. The Bertz CT molecular complexity index is 1090. The molecule has 7 nitrogen and oxygen atoms in total. The minimum absolute atomic E-state index is 0.000616. The second kappa shape index (κ2) is 11.1. The Balaban J connectivity index is 1.62. The topological polar surface area (TPSA) is 78.0 Å². The number of methoxy groups -OCH3 is 1. The number of thiazole rings is 1. The molecule has 0 atom stereocenters. The smallest absolute Gasteiger partial charge is 0.331 e. The number of hydrogen-bond donors (Lipinski definition) is 0. The van der Waals surface area contributed by atoms with Gasteiger partial charge in [-0.05, 0) is 42.8 Å². The number of rotatable bonds is 9. The second-order valence-corrected chi connectivity index (χ2v) is 7.43. The van der Waals surface area contributed by atoms with E-state index >= 15 is 0 Å². The van der Waals surface area contributed by atoms with Gasteiger partial charge < -0.3 is 14.2 Å². The van der Waals surface area contributed by atoms with Gasteiger partial charge in [0.2, 0.25) is 5.91 Å². The molecule has 0 fully saturated rings.